The lowest BCUT2D eigenvalue weighted by Gasteiger charge is -2.13. The molecule has 3 aromatic heterocycles. The molecule has 10 rings (SSSR count). The van der Waals surface area contributed by atoms with E-state index in [1.807, 2.05) is 12.1 Å². The molecule has 0 unspecified atom stereocenters. The van der Waals surface area contributed by atoms with Crippen LogP contribution in [-0.4, -0.2) is 9.13 Å². The lowest BCUT2D eigenvalue weighted by molar-refractivity contribution is 0.669. The van der Waals surface area contributed by atoms with Crippen molar-refractivity contribution in [1.82, 2.24) is 9.13 Å². The number of nitrogens with zero attached hydrogens (tertiary/aromatic N) is 2. The molecule has 3 heterocycles. The molecule has 0 aliphatic carbocycles. The zero-order valence-electron chi connectivity index (χ0n) is 24.3. The largest absolute Gasteiger partial charge is 0.456 e. The Morgan fingerprint density at radius 1 is 0.333 bits per heavy atom. The molecule has 0 bridgehead atoms. The highest BCUT2D eigenvalue weighted by molar-refractivity contribution is 6.24. The van der Waals surface area contributed by atoms with Crippen LogP contribution < -0.4 is 0 Å². The topological polar surface area (TPSA) is 23.0 Å². The maximum atomic E-state index is 6.22. The van der Waals surface area contributed by atoms with Crippen LogP contribution >= 0.6 is 0 Å². The number of hydrogen-bond donors (Lipinski definition) is 0. The van der Waals surface area contributed by atoms with E-state index in [4.69, 9.17) is 4.42 Å². The first-order valence-electron chi connectivity index (χ1n) is 15.4. The highest BCUT2D eigenvalue weighted by atomic mass is 16.3. The van der Waals surface area contributed by atoms with Gasteiger partial charge in [0.2, 0.25) is 0 Å². The summed E-state index contributed by atoms with van der Waals surface area (Å²) >= 11 is 0. The molecule has 0 radical (unpaired) electrons. The highest BCUT2D eigenvalue weighted by Gasteiger charge is 2.21. The van der Waals surface area contributed by atoms with Crippen molar-refractivity contribution in [2.75, 3.05) is 0 Å². The van der Waals surface area contributed by atoms with E-state index < -0.39 is 0 Å². The second kappa shape index (κ2) is 9.22. The normalized spacial score (nSPS) is 12.0. The van der Waals surface area contributed by atoms with Crippen LogP contribution in [0, 0.1) is 0 Å². The van der Waals surface area contributed by atoms with Crippen molar-refractivity contribution >= 4 is 65.6 Å². The van der Waals surface area contributed by atoms with Crippen molar-refractivity contribution in [3.8, 4) is 22.5 Å². The number of rotatable bonds is 3. The van der Waals surface area contributed by atoms with Crippen LogP contribution in [0.5, 0.6) is 0 Å². The Kier molecular flexibility index (Phi) is 5.00. The van der Waals surface area contributed by atoms with Gasteiger partial charge in [-0.2, -0.15) is 0 Å². The Balaban J connectivity index is 1.33. The van der Waals surface area contributed by atoms with E-state index in [9.17, 15) is 0 Å². The van der Waals surface area contributed by atoms with Crippen molar-refractivity contribution in [2.45, 2.75) is 0 Å². The first-order chi connectivity index (χ1) is 22.3. The number of para-hydroxylation sites is 3. The molecule has 0 saturated heterocycles. The van der Waals surface area contributed by atoms with Crippen LogP contribution in [0.4, 0.5) is 0 Å². The van der Waals surface area contributed by atoms with Gasteiger partial charge in [0.15, 0.2) is 0 Å². The first-order valence-corrected chi connectivity index (χ1v) is 15.4. The third kappa shape index (κ3) is 3.46. The number of furan rings is 1. The van der Waals surface area contributed by atoms with E-state index in [0.717, 1.165) is 33.3 Å². The Hall–Kier alpha value is -6.06. The standard InChI is InChI=1S/C42H26N2O/c1-2-10-27(11-3-1)28-18-20-29(21-19-28)43-37-15-7-4-12-31(37)34-23-24-35-32-13-5-8-16-38(32)44(42(35)41(34)43)30-22-25-40-36(26-30)33-14-6-9-17-39(33)45-40/h1-26H. The fourth-order valence-corrected chi connectivity index (χ4v) is 7.32. The molecule has 10 aromatic rings. The van der Waals surface area contributed by atoms with Gasteiger partial charge in [0.05, 0.1) is 22.1 Å². The Bertz CT molecular complexity index is 2740. The molecule has 3 heteroatoms. The predicted molar refractivity (Wildman–Crippen MR) is 188 cm³/mol. The molecule has 0 aliphatic heterocycles. The second-order valence-electron chi connectivity index (χ2n) is 11.8. The van der Waals surface area contributed by atoms with Gasteiger partial charge in [-0.25, -0.2) is 0 Å². The number of benzene rings is 7. The molecule has 0 saturated carbocycles. The SMILES string of the molecule is c1ccc(-c2ccc(-n3c4ccccc4c4ccc5c6ccccc6n(-c6ccc7oc8ccccc8c7c6)c5c43)cc2)cc1. The minimum absolute atomic E-state index is 0.901. The molecule has 0 N–H and O–H groups in total. The summed E-state index contributed by atoms with van der Waals surface area (Å²) in [4.78, 5) is 0. The summed E-state index contributed by atoms with van der Waals surface area (Å²) in [5, 5.41) is 7.22. The Labute approximate surface area is 258 Å². The smallest absolute Gasteiger partial charge is 0.135 e. The molecule has 0 aliphatic rings. The molecule has 0 atom stereocenters. The molecule has 45 heavy (non-hydrogen) atoms. The zero-order valence-corrected chi connectivity index (χ0v) is 24.3. The summed E-state index contributed by atoms with van der Waals surface area (Å²) in [7, 11) is 0. The first kappa shape index (κ1) is 24.4. The quantitative estimate of drug-likeness (QED) is 0.206. The van der Waals surface area contributed by atoms with Crippen molar-refractivity contribution in [3.05, 3.63) is 158 Å². The third-order valence-corrected chi connectivity index (χ3v) is 9.32. The van der Waals surface area contributed by atoms with Crippen LogP contribution in [0.3, 0.4) is 0 Å². The van der Waals surface area contributed by atoms with E-state index in [1.54, 1.807) is 0 Å². The van der Waals surface area contributed by atoms with E-state index in [0.29, 0.717) is 0 Å². The van der Waals surface area contributed by atoms with Crippen molar-refractivity contribution in [2.24, 2.45) is 0 Å². The molecular formula is C42H26N2O. The summed E-state index contributed by atoms with van der Waals surface area (Å²) in [6.07, 6.45) is 0. The van der Waals surface area contributed by atoms with Crippen LogP contribution in [0.2, 0.25) is 0 Å². The average Bonchev–Trinajstić information content (AvgIpc) is 3.76. The monoisotopic (exact) mass is 574 g/mol. The summed E-state index contributed by atoms with van der Waals surface area (Å²) in [6, 6.07) is 56.6. The summed E-state index contributed by atoms with van der Waals surface area (Å²) in [5.41, 5.74) is 11.3. The molecule has 7 aromatic carbocycles. The van der Waals surface area contributed by atoms with Crippen molar-refractivity contribution in [3.63, 3.8) is 0 Å². The summed E-state index contributed by atoms with van der Waals surface area (Å²) in [6.45, 7) is 0. The summed E-state index contributed by atoms with van der Waals surface area (Å²) in [5.74, 6) is 0. The van der Waals surface area contributed by atoms with E-state index in [2.05, 4.69) is 155 Å². The maximum Gasteiger partial charge on any atom is 0.135 e. The minimum Gasteiger partial charge on any atom is -0.456 e. The average molecular weight is 575 g/mol. The Morgan fingerprint density at radius 3 is 1.53 bits per heavy atom. The summed E-state index contributed by atoms with van der Waals surface area (Å²) < 4.78 is 11.1. The molecule has 0 spiro atoms. The van der Waals surface area contributed by atoms with Crippen LogP contribution in [-0.2, 0) is 0 Å². The lowest BCUT2D eigenvalue weighted by atomic mass is 10.1. The van der Waals surface area contributed by atoms with Crippen LogP contribution in [0.25, 0.3) is 88.1 Å². The molecular weight excluding hydrogens is 548 g/mol. The van der Waals surface area contributed by atoms with Gasteiger partial charge in [0, 0.05) is 43.7 Å². The molecule has 3 nitrogen and oxygen atoms in total. The highest BCUT2D eigenvalue weighted by Crippen LogP contribution is 2.42. The lowest BCUT2D eigenvalue weighted by Crippen LogP contribution is -1.98. The minimum atomic E-state index is 0.901. The van der Waals surface area contributed by atoms with Crippen molar-refractivity contribution in [1.29, 1.82) is 0 Å². The van der Waals surface area contributed by atoms with Gasteiger partial charge in [-0.15, -0.1) is 0 Å². The maximum absolute atomic E-state index is 6.22. The second-order valence-corrected chi connectivity index (χ2v) is 11.8. The Morgan fingerprint density at radius 2 is 0.844 bits per heavy atom. The zero-order chi connectivity index (χ0) is 29.5. The number of fused-ring (bicyclic) bond motifs is 10. The number of aromatic nitrogens is 2. The van der Waals surface area contributed by atoms with Gasteiger partial charge in [-0.1, -0.05) is 109 Å². The van der Waals surface area contributed by atoms with E-state index in [1.165, 1.54) is 54.7 Å². The van der Waals surface area contributed by atoms with E-state index >= 15 is 0 Å². The van der Waals surface area contributed by atoms with Gasteiger partial charge in [0.25, 0.3) is 0 Å². The number of hydrogen-bond acceptors (Lipinski definition) is 1. The fraction of sp³-hybridized carbons (Fsp3) is 0. The van der Waals surface area contributed by atoms with Gasteiger partial charge < -0.3 is 13.6 Å². The van der Waals surface area contributed by atoms with Crippen LogP contribution in [0.1, 0.15) is 0 Å². The molecule has 210 valence electrons. The fourth-order valence-electron chi connectivity index (χ4n) is 7.32. The molecule has 0 fully saturated rings. The van der Waals surface area contributed by atoms with Gasteiger partial charge in [0.1, 0.15) is 11.2 Å². The van der Waals surface area contributed by atoms with Gasteiger partial charge in [-0.3, -0.25) is 0 Å². The third-order valence-electron chi connectivity index (χ3n) is 9.32. The van der Waals surface area contributed by atoms with Gasteiger partial charge in [-0.05, 0) is 59.7 Å². The predicted octanol–water partition coefficient (Wildman–Crippen LogP) is 11.4. The van der Waals surface area contributed by atoms with E-state index in [-0.39, 0.29) is 0 Å². The van der Waals surface area contributed by atoms with Crippen LogP contribution in [0.15, 0.2) is 162 Å². The van der Waals surface area contributed by atoms with Gasteiger partial charge >= 0.3 is 0 Å². The molecule has 0 amide bonds. The van der Waals surface area contributed by atoms with Crippen molar-refractivity contribution < 1.29 is 4.42 Å².